The smallest absolute Gasteiger partial charge is 0.171 e. The first-order chi connectivity index (χ1) is 16.2. The highest BCUT2D eigenvalue weighted by molar-refractivity contribution is 6.31. The lowest BCUT2D eigenvalue weighted by molar-refractivity contribution is -0.143. The first-order valence-corrected chi connectivity index (χ1v) is 9.99. The molecular formula is C23H11ClF12. The molecule has 0 spiro atoms. The molecule has 0 amide bonds. The number of rotatable bonds is 3. The van der Waals surface area contributed by atoms with Gasteiger partial charge in [-0.2, -0.15) is 52.7 Å². The summed E-state index contributed by atoms with van der Waals surface area (Å²) in [5.41, 5.74) is -7.08. The molecule has 0 aliphatic rings. The molecule has 0 N–H and O–H groups in total. The summed E-state index contributed by atoms with van der Waals surface area (Å²) in [6, 6.07) is 5.21. The number of hydrogen-bond donors (Lipinski definition) is 0. The van der Waals surface area contributed by atoms with Crippen LogP contribution in [0.25, 0.3) is 22.3 Å². The fourth-order valence-corrected chi connectivity index (χ4v) is 3.64. The van der Waals surface area contributed by atoms with Crippen LogP contribution in [0, 0.1) is 0 Å². The average molecular weight is 551 g/mol. The van der Waals surface area contributed by atoms with E-state index in [9.17, 15) is 52.7 Å². The number of hydrogen-bond acceptors (Lipinski definition) is 0. The molecule has 0 aliphatic heterocycles. The molecule has 0 bridgehead atoms. The van der Waals surface area contributed by atoms with Gasteiger partial charge in [0, 0.05) is 5.02 Å². The summed E-state index contributed by atoms with van der Waals surface area (Å²) in [6.45, 7) is 0. The largest absolute Gasteiger partial charge is 0.416 e. The summed E-state index contributed by atoms with van der Waals surface area (Å²) in [4.78, 5) is 0. The summed E-state index contributed by atoms with van der Waals surface area (Å²) >= 11 is 5.94. The van der Waals surface area contributed by atoms with Gasteiger partial charge >= 0.3 is 24.7 Å². The second-order valence-electron chi connectivity index (χ2n) is 7.73. The molecule has 0 saturated carbocycles. The minimum absolute atomic E-state index is 0.106. The Morgan fingerprint density at radius 3 is 1.19 bits per heavy atom. The van der Waals surface area contributed by atoms with E-state index in [1.807, 2.05) is 0 Å². The molecule has 0 aromatic heterocycles. The average Bonchev–Trinajstić information content (AvgIpc) is 2.69. The Balaban J connectivity index is 2.23. The lowest BCUT2D eigenvalue weighted by Crippen LogP contribution is -2.13. The molecule has 36 heavy (non-hydrogen) atoms. The molecule has 3 rings (SSSR count). The van der Waals surface area contributed by atoms with E-state index in [1.165, 1.54) is 0 Å². The van der Waals surface area contributed by atoms with Crippen molar-refractivity contribution < 1.29 is 52.7 Å². The van der Waals surface area contributed by atoms with E-state index in [2.05, 4.69) is 0 Å². The molecule has 0 aliphatic carbocycles. The van der Waals surface area contributed by atoms with Crippen LogP contribution in [0.3, 0.4) is 0 Å². The third kappa shape index (κ3) is 6.86. The van der Waals surface area contributed by atoms with Gasteiger partial charge in [0.25, 0.3) is 0 Å². The second-order valence-corrected chi connectivity index (χ2v) is 8.17. The Kier molecular flexibility index (Phi) is 7.08. The van der Waals surface area contributed by atoms with Gasteiger partial charge in [-0.15, -0.1) is 0 Å². The van der Waals surface area contributed by atoms with E-state index >= 15 is 0 Å². The summed E-state index contributed by atoms with van der Waals surface area (Å²) in [5, 5.41) is -0.289. The fraction of sp³-hybridized carbons (Fsp3) is 0.217. The van der Waals surface area contributed by atoms with E-state index in [4.69, 9.17) is 11.6 Å². The van der Waals surface area contributed by atoms with Crippen LogP contribution in [0.15, 0.2) is 54.6 Å². The first kappa shape index (κ1) is 27.7. The van der Waals surface area contributed by atoms with Gasteiger partial charge in [0.1, 0.15) is 0 Å². The Labute approximate surface area is 200 Å². The van der Waals surface area contributed by atoms with Crippen molar-refractivity contribution in [2.45, 2.75) is 31.1 Å². The number of benzene rings is 3. The molecule has 0 nitrogen and oxygen atoms in total. The topological polar surface area (TPSA) is 0 Å². The van der Waals surface area contributed by atoms with Crippen molar-refractivity contribution in [3.8, 4) is 22.3 Å². The fourth-order valence-electron chi connectivity index (χ4n) is 3.40. The zero-order chi connectivity index (χ0) is 27.3. The van der Waals surface area contributed by atoms with E-state index in [0.717, 1.165) is 24.3 Å². The van der Waals surface area contributed by atoms with Crippen LogP contribution in [0.1, 0.15) is 22.3 Å². The van der Waals surface area contributed by atoms with Gasteiger partial charge in [-0.25, -0.2) is 0 Å². The molecular weight excluding hydrogens is 540 g/mol. The summed E-state index contributed by atoms with van der Waals surface area (Å²) in [5.74, 6) is 0. The second kappa shape index (κ2) is 9.20. The summed E-state index contributed by atoms with van der Waals surface area (Å²) in [7, 11) is 0. The molecule has 13 heteroatoms. The highest BCUT2D eigenvalue weighted by atomic mass is 35.5. The van der Waals surface area contributed by atoms with Crippen molar-refractivity contribution in [1.82, 2.24) is 0 Å². The van der Waals surface area contributed by atoms with E-state index < -0.39 is 64.5 Å². The van der Waals surface area contributed by atoms with Crippen LogP contribution >= 0.6 is 11.6 Å². The molecule has 3 aromatic carbocycles. The van der Waals surface area contributed by atoms with E-state index in [-0.39, 0.29) is 22.2 Å². The lowest BCUT2D eigenvalue weighted by Gasteiger charge is -2.16. The van der Waals surface area contributed by atoms with Crippen molar-refractivity contribution in [2.24, 2.45) is 0 Å². The Hall–Kier alpha value is -2.89. The van der Waals surface area contributed by atoms with E-state index in [1.54, 1.807) is 0 Å². The summed E-state index contributed by atoms with van der Waals surface area (Å²) < 4.78 is 158. The molecule has 3 aromatic rings. The molecule has 0 unspecified atom stereocenters. The van der Waals surface area contributed by atoms with Crippen molar-refractivity contribution in [1.29, 1.82) is 0 Å². The van der Waals surface area contributed by atoms with E-state index in [0.29, 0.717) is 24.3 Å². The third-order valence-electron chi connectivity index (χ3n) is 4.88. The maximum atomic E-state index is 13.3. The molecule has 194 valence electrons. The molecule has 0 heterocycles. The Morgan fingerprint density at radius 1 is 0.444 bits per heavy atom. The normalized spacial score (nSPS) is 13.2. The van der Waals surface area contributed by atoms with Crippen LogP contribution in [0.4, 0.5) is 52.7 Å². The number of alkyl halides is 12. The van der Waals surface area contributed by atoms with Gasteiger partial charge in [-0.3, -0.25) is 0 Å². The van der Waals surface area contributed by atoms with Gasteiger partial charge in [0.05, 0.1) is 23.1 Å². The van der Waals surface area contributed by atoms with Gasteiger partial charge < -0.3 is 0 Å². The minimum atomic E-state index is -5.16. The SMILES string of the molecule is FC(F)(F)Cc1cc(-c2cc(Cl)cc(-c3cc(C(F)(F)F)cc(C(F)(F)F)c3)c2)cc(C(F)(F)F)c1. The van der Waals surface area contributed by atoms with Gasteiger partial charge in [-0.1, -0.05) is 17.7 Å². The quantitative estimate of drug-likeness (QED) is 0.285. The molecule has 0 atom stereocenters. The van der Waals surface area contributed by atoms with Crippen molar-refractivity contribution in [3.05, 3.63) is 81.9 Å². The van der Waals surface area contributed by atoms with Crippen molar-refractivity contribution in [3.63, 3.8) is 0 Å². The highest BCUT2D eigenvalue weighted by Crippen LogP contribution is 2.41. The Bertz CT molecular complexity index is 1230. The maximum absolute atomic E-state index is 13.3. The highest BCUT2D eigenvalue weighted by Gasteiger charge is 2.37. The predicted molar refractivity (Wildman–Crippen MR) is 107 cm³/mol. The molecule has 0 saturated heterocycles. The van der Waals surface area contributed by atoms with Crippen LogP contribution in [0.2, 0.25) is 5.02 Å². The maximum Gasteiger partial charge on any atom is 0.416 e. The minimum Gasteiger partial charge on any atom is -0.171 e. The zero-order valence-corrected chi connectivity index (χ0v) is 18.1. The van der Waals surface area contributed by atoms with Crippen molar-refractivity contribution in [2.75, 3.05) is 0 Å². The number of halogens is 13. The summed E-state index contributed by atoms with van der Waals surface area (Å²) in [6.07, 6.45) is -21.9. The van der Waals surface area contributed by atoms with Crippen LogP contribution in [-0.2, 0) is 24.9 Å². The zero-order valence-electron chi connectivity index (χ0n) is 17.3. The standard InChI is InChI=1S/C23H11ClF12/c24-19-7-13(12-1-11(10-20(25,26)27)2-16(4-12)21(28,29)30)3-14(8-19)15-5-17(22(31,32)33)9-18(6-15)23(34,35)36/h1-9H,10H2. The van der Waals surface area contributed by atoms with Gasteiger partial charge in [-0.05, 0) is 76.3 Å². The Morgan fingerprint density at radius 2 is 0.806 bits per heavy atom. The van der Waals surface area contributed by atoms with Crippen LogP contribution in [-0.4, -0.2) is 6.18 Å². The molecule has 0 fully saturated rings. The molecule has 0 radical (unpaired) electrons. The van der Waals surface area contributed by atoms with Gasteiger partial charge in [0.2, 0.25) is 0 Å². The third-order valence-corrected chi connectivity index (χ3v) is 5.10. The predicted octanol–water partition coefficient (Wildman–Crippen LogP) is 9.84. The van der Waals surface area contributed by atoms with Crippen LogP contribution < -0.4 is 0 Å². The lowest BCUT2D eigenvalue weighted by atomic mass is 9.94. The van der Waals surface area contributed by atoms with Crippen LogP contribution in [0.5, 0.6) is 0 Å². The van der Waals surface area contributed by atoms with Crippen molar-refractivity contribution >= 4 is 11.6 Å². The first-order valence-electron chi connectivity index (χ1n) is 9.61. The monoisotopic (exact) mass is 550 g/mol. The van der Waals surface area contributed by atoms with Gasteiger partial charge in [0.15, 0.2) is 0 Å².